The number of sulfonamides is 1. The molecule has 0 heterocycles. The van der Waals surface area contributed by atoms with Crippen LogP contribution in [0.2, 0.25) is 0 Å². The fourth-order valence-electron chi connectivity index (χ4n) is 3.06. The van der Waals surface area contributed by atoms with Crippen LogP contribution < -0.4 is 9.62 Å². The van der Waals surface area contributed by atoms with E-state index in [-0.39, 0.29) is 29.6 Å². The van der Waals surface area contributed by atoms with Crippen LogP contribution >= 0.6 is 0 Å². The summed E-state index contributed by atoms with van der Waals surface area (Å²) in [5.41, 5.74) is 2.47. The third-order valence-corrected chi connectivity index (χ3v) is 6.59. The predicted molar refractivity (Wildman–Crippen MR) is 122 cm³/mol. The summed E-state index contributed by atoms with van der Waals surface area (Å²) in [6.45, 7) is 3.34. The van der Waals surface area contributed by atoms with Gasteiger partial charge in [0.15, 0.2) is 5.78 Å². The minimum atomic E-state index is -3.84. The van der Waals surface area contributed by atoms with Crippen molar-refractivity contribution in [3.8, 4) is 0 Å². The van der Waals surface area contributed by atoms with Crippen LogP contribution in [0.5, 0.6) is 0 Å². The highest BCUT2D eigenvalue weighted by molar-refractivity contribution is 7.92. The Hall–Kier alpha value is -3.45. The SMILES string of the molecule is CC(=O)c1cccc(NC(=O)CCN(c2ccc(C)cc2)S(=O)(=O)c2ccccc2)c1. The van der Waals surface area contributed by atoms with Gasteiger partial charge in [0.1, 0.15) is 0 Å². The first kappa shape index (κ1) is 22.2. The van der Waals surface area contributed by atoms with Gasteiger partial charge in [0.25, 0.3) is 10.0 Å². The summed E-state index contributed by atoms with van der Waals surface area (Å²) in [6, 6.07) is 21.9. The van der Waals surface area contributed by atoms with Crippen molar-refractivity contribution in [3.05, 3.63) is 90.0 Å². The molecule has 0 unspecified atom stereocenters. The van der Waals surface area contributed by atoms with E-state index in [1.54, 1.807) is 54.6 Å². The smallest absolute Gasteiger partial charge is 0.264 e. The Morgan fingerprint density at radius 1 is 0.903 bits per heavy atom. The van der Waals surface area contributed by atoms with Crippen molar-refractivity contribution in [2.75, 3.05) is 16.2 Å². The molecule has 3 aromatic rings. The molecule has 1 amide bonds. The summed E-state index contributed by atoms with van der Waals surface area (Å²) < 4.78 is 27.8. The van der Waals surface area contributed by atoms with Gasteiger partial charge in [0.2, 0.25) is 5.91 Å². The van der Waals surface area contributed by atoms with Crippen LogP contribution in [0.25, 0.3) is 0 Å². The van der Waals surface area contributed by atoms with E-state index in [0.717, 1.165) is 5.56 Å². The summed E-state index contributed by atoms with van der Waals surface area (Å²) in [5.74, 6) is -0.448. The van der Waals surface area contributed by atoms with Crippen molar-refractivity contribution in [2.45, 2.75) is 25.2 Å². The summed E-state index contributed by atoms with van der Waals surface area (Å²) in [4.78, 5) is 24.2. The van der Waals surface area contributed by atoms with Gasteiger partial charge in [0, 0.05) is 24.2 Å². The average molecular weight is 437 g/mol. The van der Waals surface area contributed by atoms with Crippen LogP contribution in [0.3, 0.4) is 0 Å². The highest BCUT2D eigenvalue weighted by atomic mass is 32.2. The van der Waals surface area contributed by atoms with E-state index in [1.165, 1.54) is 23.4 Å². The zero-order valence-electron chi connectivity index (χ0n) is 17.4. The van der Waals surface area contributed by atoms with Gasteiger partial charge in [-0.2, -0.15) is 0 Å². The number of benzene rings is 3. The van der Waals surface area contributed by atoms with Crippen LogP contribution in [-0.2, 0) is 14.8 Å². The Balaban J connectivity index is 1.81. The molecule has 0 aliphatic carbocycles. The first-order valence-electron chi connectivity index (χ1n) is 9.83. The fourth-order valence-corrected chi connectivity index (χ4v) is 4.55. The van der Waals surface area contributed by atoms with E-state index >= 15 is 0 Å². The second-order valence-electron chi connectivity index (χ2n) is 7.16. The van der Waals surface area contributed by atoms with Gasteiger partial charge in [-0.1, -0.05) is 48.0 Å². The summed E-state index contributed by atoms with van der Waals surface area (Å²) in [6.07, 6.45) is -0.0514. The molecule has 0 saturated carbocycles. The van der Waals surface area contributed by atoms with Crippen LogP contribution in [0, 0.1) is 6.92 Å². The van der Waals surface area contributed by atoms with E-state index < -0.39 is 10.0 Å². The number of nitrogens with one attached hydrogen (secondary N) is 1. The highest BCUT2D eigenvalue weighted by Crippen LogP contribution is 2.24. The molecule has 0 aliphatic rings. The van der Waals surface area contributed by atoms with Crippen LogP contribution in [0.1, 0.15) is 29.3 Å². The summed E-state index contributed by atoms with van der Waals surface area (Å²) >= 11 is 0. The van der Waals surface area contributed by atoms with E-state index in [4.69, 9.17) is 0 Å². The van der Waals surface area contributed by atoms with E-state index in [1.807, 2.05) is 19.1 Å². The molecule has 1 N–H and O–H groups in total. The number of nitrogens with zero attached hydrogens (tertiary/aromatic N) is 1. The molecule has 31 heavy (non-hydrogen) atoms. The standard InChI is InChI=1S/C24H24N2O4S/c1-18-11-13-22(14-12-18)26(31(29,30)23-9-4-3-5-10-23)16-15-24(28)25-21-8-6-7-20(17-21)19(2)27/h3-14,17H,15-16H2,1-2H3,(H,25,28). The van der Waals surface area contributed by atoms with Crippen molar-refractivity contribution in [1.29, 1.82) is 0 Å². The maximum absolute atomic E-state index is 13.3. The molecule has 160 valence electrons. The first-order chi connectivity index (χ1) is 14.8. The molecule has 0 saturated heterocycles. The number of carbonyl (C=O) groups is 2. The normalized spacial score (nSPS) is 11.0. The molecule has 0 fully saturated rings. The lowest BCUT2D eigenvalue weighted by molar-refractivity contribution is -0.116. The number of hydrogen-bond acceptors (Lipinski definition) is 4. The zero-order chi connectivity index (χ0) is 22.4. The summed E-state index contributed by atoms with van der Waals surface area (Å²) in [5, 5.41) is 2.73. The molecule has 0 aromatic heterocycles. The minimum absolute atomic E-state index is 0.0292. The molecule has 0 radical (unpaired) electrons. The minimum Gasteiger partial charge on any atom is -0.326 e. The number of aryl methyl sites for hydroxylation is 1. The van der Waals surface area contributed by atoms with Crippen molar-refractivity contribution in [1.82, 2.24) is 0 Å². The van der Waals surface area contributed by atoms with Crippen LogP contribution in [-0.4, -0.2) is 26.7 Å². The van der Waals surface area contributed by atoms with Crippen molar-refractivity contribution < 1.29 is 18.0 Å². The van der Waals surface area contributed by atoms with Gasteiger partial charge in [-0.3, -0.25) is 13.9 Å². The van der Waals surface area contributed by atoms with Gasteiger partial charge >= 0.3 is 0 Å². The second kappa shape index (κ2) is 9.57. The maximum atomic E-state index is 13.3. The third-order valence-electron chi connectivity index (χ3n) is 4.75. The van der Waals surface area contributed by atoms with Crippen molar-refractivity contribution >= 4 is 33.1 Å². The van der Waals surface area contributed by atoms with E-state index in [9.17, 15) is 18.0 Å². The average Bonchev–Trinajstić information content (AvgIpc) is 2.76. The number of carbonyl (C=O) groups excluding carboxylic acids is 2. The van der Waals surface area contributed by atoms with Crippen molar-refractivity contribution in [3.63, 3.8) is 0 Å². The fraction of sp³-hybridized carbons (Fsp3) is 0.167. The molecule has 7 heteroatoms. The topological polar surface area (TPSA) is 83.6 Å². The predicted octanol–water partition coefficient (Wildman–Crippen LogP) is 4.42. The molecule has 3 aromatic carbocycles. The Morgan fingerprint density at radius 2 is 1.58 bits per heavy atom. The quantitative estimate of drug-likeness (QED) is 0.530. The molecule has 0 aliphatic heterocycles. The Morgan fingerprint density at radius 3 is 2.23 bits per heavy atom. The summed E-state index contributed by atoms with van der Waals surface area (Å²) in [7, 11) is -3.84. The lowest BCUT2D eigenvalue weighted by atomic mass is 10.1. The Bertz CT molecular complexity index is 1170. The number of amides is 1. The second-order valence-corrected chi connectivity index (χ2v) is 9.02. The van der Waals surface area contributed by atoms with Gasteiger partial charge in [-0.15, -0.1) is 0 Å². The lowest BCUT2D eigenvalue weighted by Crippen LogP contribution is -2.34. The number of hydrogen-bond donors (Lipinski definition) is 1. The number of rotatable bonds is 8. The maximum Gasteiger partial charge on any atom is 0.264 e. The van der Waals surface area contributed by atoms with Gasteiger partial charge in [0.05, 0.1) is 10.6 Å². The molecular formula is C24H24N2O4S. The molecule has 0 bridgehead atoms. The monoisotopic (exact) mass is 436 g/mol. The number of Topliss-reactive ketones (excluding diaryl/α,β-unsaturated/α-hetero) is 1. The Kier molecular flexibility index (Phi) is 6.87. The number of ketones is 1. The van der Waals surface area contributed by atoms with Crippen LogP contribution in [0.4, 0.5) is 11.4 Å². The zero-order valence-corrected chi connectivity index (χ0v) is 18.2. The largest absolute Gasteiger partial charge is 0.326 e. The van der Waals surface area contributed by atoms with E-state index in [0.29, 0.717) is 16.9 Å². The van der Waals surface area contributed by atoms with Gasteiger partial charge in [-0.05, 0) is 50.2 Å². The Labute approximate surface area is 182 Å². The van der Waals surface area contributed by atoms with Gasteiger partial charge in [-0.25, -0.2) is 8.42 Å². The van der Waals surface area contributed by atoms with Gasteiger partial charge < -0.3 is 5.32 Å². The molecule has 0 atom stereocenters. The van der Waals surface area contributed by atoms with Crippen LogP contribution in [0.15, 0.2) is 83.8 Å². The van der Waals surface area contributed by atoms with Crippen molar-refractivity contribution in [2.24, 2.45) is 0 Å². The van der Waals surface area contributed by atoms with E-state index in [2.05, 4.69) is 5.32 Å². The lowest BCUT2D eigenvalue weighted by Gasteiger charge is -2.24. The molecule has 0 spiro atoms. The third kappa shape index (κ3) is 5.58. The number of anilines is 2. The first-order valence-corrected chi connectivity index (χ1v) is 11.3. The molecular weight excluding hydrogens is 412 g/mol. The molecule has 6 nitrogen and oxygen atoms in total. The highest BCUT2D eigenvalue weighted by Gasteiger charge is 2.25. The molecule has 3 rings (SSSR count).